The lowest BCUT2D eigenvalue weighted by molar-refractivity contribution is -0.120. The highest BCUT2D eigenvalue weighted by atomic mass is 16.3. The van der Waals surface area contributed by atoms with Crippen molar-refractivity contribution in [2.75, 3.05) is 13.1 Å². The number of aliphatic hydroxyl groups excluding tert-OH is 1. The second-order valence-electron chi connectivity index (χ2n) is 7.49. The smallest absolute Gasteiger partial charge is 0.231 e. The SMILES string of the molecule is Cc1cc2ncn(CC(O)CN(CC(N)=O)C(C)(C)C)c2cc1C. The van der Waals surface area contributed by atoms with E-state index in [-0.39, 0.29) is 12.1 Å². The number of nitrogens with two attached hydrogens (primary N) is 1. The Morgan fingerprint density at radius 2 is 1.96 bits per heavy atom. The average Bonchev–Trinajstić information content (AvgIpc) is 2.79. The molecule has 0 radical (unpaired) electrons. The predicted octanol–water partition coefficient (Wildman–Crippen LogP) is 1.60. The van der Waals surface area contributed by atoms with Gasteiger partial charge in [-0.3, -0.25) is 9.69 Å². The van der Waals surface area contributed by atoms with Crippen molar-refractivity contribution in [3.63, 3.8) is 0 Å². The topological polar surface area (TPSA) is 84.4 Å². The van der Waals surface area contributed by atoms with Crippen LogP contribution < -0.4 is 5.73 Å². The molecule has 1 atom stereocenters. The Kier molecular flexibility index (Phi) is 5.30. The number of aliphatic hydroxyl groups is 1. The van der Waals surface area contributed by atoms with Gasteiger partial charge < -0.3 is 15.4 Å². The number of primary amides is 1. The van der Waals surface area contributed by atoms with E-state index < -0.39 is 12.0 Å². The molecule has 132 valence electrons. The summed E-state index contributed by atoms with van der Waals surface area (Å²) in [7, 11) is 0. The number of imidazole rings is 1. The molecular formula is C18H28N4O2. The first kappa shape index (κ1) is 18.4. The Bertz CT molecular complexity index is 730. The number of amides is 1. The maximum Gasteiger partial charge on any atom is 0.231 e. The number of carbonyl (C=O) groups is 1. The van der Waals surface area contributed by atoms with E-state index in [1.807, 2.05) is 30.2 Å². The first-order valence-corrected chi connectivity index (χ1v) is 8.21. The second kappa shape index (κ2) is 6.91. The molecule has 1 aromatic carbocycles. The number of benzene rings is 1. The maximum absolute atomic E-state index is 11.3. The summed E-state index contributed by atoms with van der Waals surface area (Å²) in [6.07, 6.45) is 1.13. The molecule has 0 aliphatic carbocycles. The van der Waals surface area contributed by atoms with Crippen molar-refractivity contribution in [2.45, 2.75) is 52.8 Å². The number of fused-ring (bicyclic) bond motifs is 1. The van der Waals surface area contributed by atoms with E-state index in [0.717, 1.165) is 11.0 Å². The Hall–Kier alpha value is -1.92. The van der Waals surface area contributed by atoms with Crippen molar-refractivity contribution in [3.8, 4) is 0 Å². The van der Waals surface area contributed by atoms with Crippen LogP contribution in [0, 0.1) is 13.8 Å². The Balaban J connectivity index is 2.15. The number of rotatable bonds is 6. The standard InChI is InChI=1S/C18H28N4O2/c1-12-6-15-16(7-13(12)2)21(11-20-15)8-14(23)9-22(10-17(19)24)18(3,4)5/h6-7,11,14,23H,8-10H2,1-5H3,(H2,19,24). The van der Waals surface area contributed by atoms with Crippen LogP contribution in [0.1, 0.15) is 31.9 Å². The Morgan fingerprint density at radius 3 is 2.54 bits per heavy atom. The lowest BCUT2D eigenvalue weighted by atomic mass is 10.1. The first-order chi connectivity index (χ1) is 11.1. The highest BCUT2D eigenvalue weighted by molar-refractivity contribution is 5.77. The molecule has 1 aromatic heterocycles. The molecule has 1 unspecified atom stereocenters. The molecule has 0 saturated carbocycles. The lowest BCUT2D eigenvalue weighted by Crippen LogP contribution is -2.49. The van der Waals surface area contributed by atoms with Gasteiger partial charge in [-0.25, -0.2) is 4.98 Å². The van der Waals surface area contributed by atoms with Gasteiger partial charge in [-0.15, -0.1) is 0 Å². The van der Waals surface area contributed by atoms with Gasteiger partial charge >= 0.3 is 0 Å². The van der Waals surface area contributed by atoms with Gasteiger partial charge in [0.25, 0.3) is 0 Å². The third-order valence-corrected chi connectivity index (χ3v) is 4.37. The van der Waals surface area contributed by atoms with Crippen LogP contribution in [0.4, 0.5) is 0 Å². The molecule has 0 fully saturated rings. The van der Waals surface area contributed by atoms with E-state index in [2.05, 4.69) is 31.0 Å². The van der Waals surface area contributed by atoms with Gasteiger partial charge in [-0.1, -0.05) is 0 Å². The third-order valence-electron chi connectivity index (χ3n) is 4.37. The minimum absolute atomic E-state index is 0.129. The van der Waals surface area contributed by atoms with E-state index in [1.54, 1.807) is 6.33 Å². The molecule has 6 heteroatoms. The van der Waals surface area contributed by atoms with Crippen molar-refractivity contribution >= 4 is 16.9 Å². The molecule has 0 bridgehead atoms. The number of aromatic nitrogens is 2. The molecule has 2 aromatic rings. The Labute approximate surface area is 143 Å². The molecule has 24 heavy (non-hydrogen) atoms. The van der Waals surface area contributed by atoms with E-state index in [9.17, 15) is 9.90 Å². The number of nitrogens with zero attached hydrogens (tertiary/aromatic N) is 3. The van der Waals surface area contributed by atoms with Gasteiger partial charge in [-0.2, -0.15) is 0 Å². The number of hydrogen-bond donors (Lipinski definition) is 2. The summed E-state index contributed by atoms with van der Waals surface area (Å²) in [5, 5.41) is 10.5. The zero-order valence-corrected chi connectivity index (χ0v) is 15.2. The maximum atomic E-state index is 11.3. The van der Waals surface area contributed by atoms with Crippen LogP contribution in [0.25, 0.3) is 11.0 Å². The summed E-state index contributed by atoms with van der Waals surface area (Å²) >= 11 is 0. The quantitative estimate of drug-likeness (QED) is 0.841. The van der Waals surface area contributed by atoms with Crippen molar-refractivity contribution in [1.82, 2.24) is 14.5 Å². The summed E-state index contributed by atoms with van der Waals surface area (Å²) in [5.74, 6) is -0.392. The largest absolute Gasteiger partial charge is 0.390 e. The monoisotopic (exact) mass is 332 g/mol. The van der Waals surface area contributed by atoms with E-state index in [4.69, 9.17) is 5.73 Å². The van der Waals surface area contributed by atoms with Gasteiger partial charge in [0, 0.05) is 12.1 Å². The predicted molar refractivity (Wildman–Crippen MR) is 95.7 cm³/mol. The average molecular weight is 332 g/mol. The first-order valence-electron chi connectivity index (χ1n) is 8.21. The fourth-order valence-electron chi connectivity index (χ4n) is 2.76. The number of β-amino-alcohol motifs (C(OH)–C–C–N with tert-alkyl or cyclic N) is 1. The molecule has 2 rings (SSSR count). The second-order valence-corrected chi connectivity index (χ2v) is 7.49. The number of carbonyl (C=O) groups excluding carboxylic acids is 1. The summed E-state index contributed by atoms with van der Waals surface area (Å²) in [6.45, 7) is 11.1. The van der Waals surface area contributed by atoms with Crippen LogP contribution in [0.3, 0.4) is 0 Å². The molecule has 3 N–H and O–H groups in total. The zero-order chi connectivity index (χ0) is 18.1. The molecule has 1 heterocycles. The van der Waals surface area contributed by atoms with Crippen LogP contribution >= 0.6 is 0 Å². The Morgan fingerprint density at radius 1 is 1.33 bits per heavy atom. The zero-order valence-electron chi connectivity index (χ0n) is 15.2. The van der Waals surface area contributed by atoms with Crippen LogP contribution in [-0.4, -0.2) is 50.2 Å². The molecule has 0 saturated heterocycles. The van der Waals surface area contributed by atoms with Gasteiger partial charge in [0.05, 0.1) is 36.6 Å². The van der Waals surface area contributed by atoms with Crippen molar-refractivity contribution < 1.29 is 9.90 Å². The fraction of sp³-hybridized carbons (Fsp3) is 0.556. The fourth-order valence-corrected chi connectivity index (χ4v) is 2.76. The van der Waals surface area contributed by atoms with Gasteiger partial charge in [0.1, 0.15) is 0 Å². The number of aryl methyl sites for hydroxylation is 2. The van der Waals surface area contributed by atoms with E-state index in [0.29, 0.717) is 13.1 Å². The summed E-state index contributed by atoms with van der Waals surface area (Å²) < 4.78 is 1.96. The van der Waals surface area contributed by atoms with Crippen LogP contribution in [0.2, 0.25) is 0 Å². The van der Waals surface area contributed by atoms with Crippen LogP contribution in [0.15, 0.2) is 18.5 Å². The molecule has 0 aliphatic heterocycles. The van der Waals surface area contributed by atoms with Crippen molar-refractivity contribution in [3.05, 3.63) is 29.6 Å². The number of hydrogen-bond acceptors (Lipinski definition) is 4. The van der Waals surface area contributed by atoms with Crippen molar-refractivity contribution in [2.24, 2.45) is 5.73 Å². The van der Waals surface area contributed by atoms with E-state index in [1.165, 1.54) is 11.1 Å². The summed E-state index contributed by atoms with van der Waals surface area (Å²) in [6, 6.07) is 4.15. The summed E-state index contributed by atoms with van der Waals surface area (Å²) in [4.78, 5) is 17.6. The molecule has 6 nitrogen and oxygen atoms in total. The molecule has 1 amide bonds. The normalized spacial score (nSPS) is 13.6. The minimum Gasteiger partial charge on any atom is -0.390 e. The molecular weight excluding hydrogens is 304 g/mol. The highest BCUT2D eigenvalue weighted by Crippen LogP contribution is 2.19. The minimum atomic E-state index is -0.623. The summed E-state index contributed by atoms with van der Waals surface area (Å²) in [5.41, 5.74) is 9.42. The lowest BCUT2D eigenvalue weighted by Gasteiger charge is -2.36. The van der Waals surface area contributed by atoms with Gasteiger partial charge in [-0.05, 0) is 57.9 Å². The van der Waals surface area contributed by atoms with Crippen LogP contribution in [0.5, 0.6) is 0 Å². The highest BCUT2D eigenvalue weighted by Gasteiger charge is 2.25. The third kappa shape index (κ3) is 4.33. The van der Waals surface area contributed by atoms with Crippen LogP contribution in [-0.2, 0) is 11.3 Å². The molecule has 0 aliphatic rings. The van der Waals surface area contributed by atoms with Gasteiger partial charge in [0.15, 0.2) is 0 Å². The van der Waals surface area contributed by atoms with Gasteiger partial charge in [0.2, 0.25) is 5.91 Å². The molecule has 0 spiro atoms. The van der Waals surface area contributed by atoms with Crippen molar-refractivity contribution in [1.29, 1.82) is 0 Å². The van der Waals surface area contributed by atoms with E-state index >= 15 is 0 Å².